The Hall–Kier alpha value is -2.82. The number of rotatable bonds is 6. The molecule has 0 aliphatic carbocycles. The van der Waals surface area contributed by atoms with Crippen molar-refractivity contribution in [1.29, 1.82) is 0 Å². The second-order valence-electron chi connectivity index (χ2n) is 10.9. The van der Waals surface area contributed by atoms with Gasteiger partial charge in [-0.1, -0.05) is 38.1 Å². The summed E-state index contributed by atoms with van der Waals surface area (Å²) in [5.41, 5.74) is 2.53. The van der Waals surface area contributed by atoms with Gasteiger partial charge >= 0.3 is 0 Å². The van der Waals surface area contributed by atoms with Crippen molar-refractivity contribution in [3.8, 4) is 11.5 Å². The summed E-state index contributed by atoms with van der Waals surface area (Å²) in [4.78, 5) is 31.1. The molecule has 0 N–H and O–H groups in total. The van der Waals surface area contributed by atoms with Gasteiger partial charge in [-0.15, -0.1) is 0 Å². The second-order valence-corrected chi connectivity index (χ2v) is 10.9. The summed E-state index contributed by atoms with van der Waals surface area (Å²) >= 11 is 0. The molecule has 0 atom stereocenters. The molecule has 2 aromatic rings. The third-order valence-corrected chi connectivity index (χ3v) is 6.74. The number of hydrogen-bond acceptors (Lipinski definition) is 3. The van der Waals surface area contributed by atoms with Gasteiger partial charge in [0.1, 0.15) is 11.5 Å². The average molecular weight is 465 g/mol. The minimum Gasteiger partial charge on any atom is -0.455 e. The minimum atomic E-state index is -0.434. The molecule has 1 aliphatic rings. The molecule has 0 spiro atoms. The Morgan fingerprint density at radius 2 is 0.971 bits per heavy atom. The number of carbonyl (C=O) groups excluding carboxylic acids is 2. The Kier molecular flexibility index (Phi) is 7.16. The number of carbonyl (C=O) groups is 2. The molecule has 5 heteroatoms. The normalized spacial score (nSPS) is 14.2. The lowest BCUT2D eigenvalue weighted by molar-refractivity contribution is 0.0636. The van der Waals surface area contributed by atoms with E-state index in [1.54, 1.807) is 0 Å². The predicted molar refractivity (Wildman–Crippen MR) is 138 cm³/mol. The van der Waals surface area contributed by atoms with Crippen LogP contribution < -0.4 is 4.74 Å². The van der Waals surface area contributed by atoms with E-state index in [0.29, 0.717) is 22.6 Å². The van der Waals surface area contributed by atoms with Crippen LogP contribution in [-0.2, 0) is 5.41 Å². The smallest absolute Gasteiger partial charge is 0.258 e. The Balaban J connectivity index is 2.20. The zero-order chi connectivity index (χ0) is 25.5. The van der Waals surface area contributed by atoms with Gasteiger partial charge in [0, 0.05) is 40.7 Å². The minimum absolute atomic E-state index is 0.0509. The van der Waals surface area contributed by atoms with Crippen molar-refractivity contribution in [1.82, 2.24) is 9.80 Å². The molecule has 184 valence electrons. The van der Waals surface area contributed by atoms with Crippen LogP contribution in [0.2, 0.25) is 0 Å². The van der Waals surface area contributed by atoms with Gasteiger partial charge < -0.3 is 14.5 Å². The fourth-order valence-corrected chi connectivity index (χ4v) is 5.27. The van der Waals surface area contributed by atoms with Crippen molar-refractivity contribution < 1.29 is 14.3 Å². The monoisotopic (exact) mass is 464 g/mol. The van der Waals surface area contributed by atoms with Crippen molar-refractivity contribution in [3.05, 3.63) is 58.7 Å². The molecular weight excluding hydrogens is 424 g/mol. The van der Waals surface area contributed by atoms with E-state index < -0.39 is 5.41 Å². The maximum atomic E-state index is 13.7. The van der Waals surface area contributed by atoms with Crippen LogP contribution in [0.15, 0.2) is 36.4 Å². The molecule has 0 radical (unpaired) electrons. The molecule has 0 bridgehead atoms. The summed E-state index contributed by atoms with van der Waals surface area (Å²) in [6, 6.07) is 11.8. The second kappa shape index (κ2) is 9.44. The SMILES string of the molecule is CC(C)N(C(=O)c1cccc2c1Oc1c(C(=O)N(C(C)C)C(C)C)cccc1C2(C)C)C(C)C. The zero-order valence-electron chi connectivity index (χ0n) is 22.4. The van der Waals surface area contributed by atoms with Gasteiger partial charge in [-0.05, 0) is 67.5 Å². The van der Waals surface area contributed by atoms with Crippen LogP contribution in [0.3, 0.4) is 0 Å². The molecule has 5 nitrogen and oxygen atoms in total. The largest absolute Gasteiger partial charge is 0.455 e. The lowest BCUT2D eigenvalue weighted by Gasteiger charge is -2.38. The predicted octanol–water partition coefficient (Wildman–Crippen LogP) is 6.64. The first-order valence-corrected chi connectivity index (χ1v) is 12.4. The van der Waals surface area contributed by atoms with Crippen LogP contribution in [0.25, 0.3) is 0 Å². The summed E-state index contributed by atoms with van der Waals surface area (Å²) in [7, 11) is 0. The summed E-state index contributed by atoms with van der Waals surface area (Å²) in [5, 5.41) is 0. The Morgan fingerprint density at radius 1 is 0.647 bits per heavy atom. The lowest BCUT2D eigenvalue weighted by Crippen LogP contribution is -2.43. The number of ether oxygens (including phenoxy) is 1. The van der Waals surface area contributed by atoms with Crippen molar-refractivity contribution in [2.75, 3.05) is 0 Å². The Morgan fingerprint density at radius 3 is 1.26 bits per heavy atom. The molecule has 1 aliphatic heterocycles. The van der Waals surface area contributed by atoms with Gasteiger partial charge in [-0.2, -0.15) is 0 Å². The summed E-state index contributed by atoms with van der Waals surface area (Å²) < 4.78 is 6.54. The molecular formula is C29H40N2O3. The third kappa shape index (κ3) is 4.33. The number of fused-ring (bicyclic) bond motifs is 2. The van der Waals surface area contributed by atoms with E-state index in [4.69, 9.17) is 4.74 Å². The molecule has 0 saturated heterocycles. The molecule has 2 aromatic carbocycles. The van der Waals surface area contributed by atoms with Gasteiger partial charge in [0.15, 0.2) is 0 Å². The number of nitrogens with zero attached hydrogens (tertiary/aromatic N) is 2. The van der Waals surface area contributed by atoms with Crippen LogP contribution in [0.1, 0.15) is 101 Å². The van der Waals surface area contributed by atoms with E-state index in [1.807, 2.05) is 102 Å². The molecule has 34 heavy (non-hydrogen) atoms. The highest BCUT2D eigenvalue weighted by Gasteiger charge is 2.40. The molecule has 0 aromatic heterocycles. The summed E-state index contributed by atoms with van der Waals surface area (Å²) in [5.74, 6) is 0.987. The Labute approximate surface area is 205 Å². The van der Waals surface area contributed by atoms with Gasteiger partial charge in [0.2, 0.25) is 0 Å². The van der Waals surface area contributed by atoms with Crippen LogP contribution in [0.4, 0.5) is 0 Å². The van der Waals surface area contributed by atoms with Crippen LogP contribution in [0, 0.1) is 0 Å². The van der Waals surface area contributed by atoms with Gasteiger partial charge in [0.25, 0.3) is 11.8 Å². The zero-order valence-corrected chi connectivity index (χ0v) is 22.4. The van der Waals surface area contributed by atoms with Crippen molar-refractivity contribution in [2.45, 2.75) is 98.8 Å². The van der Waals surface area contributed by atoms with E-state index in [0.717, 1.165) is 11.1 Å². The number of amides is 2. The number of hydrogen-bond donors (Lipinski definition) is 0. The maximum absolute atomic E-state index is 13.7. The summed E-state index contributed by atoms with van der Waals surface area (Å²) in [6.07, 6.45) is 0. The fraction of sp³-hybridized carbons (Fsp3) is 0.517. The van der Waals surface area contributed by atoms with E-state index in [-0.39, 0.29) is 36.0 Å². The van der Waals surface area contributed by atoms with E-state index >= 15 is 0 Å². The van der Waals surface area contributed by atoms with Gasteiger partial charge in [-0.25, -0.2) is 0 Å². The Bertz CT molecular complexity index is 983. The standard InChI is InChI=1S/C29H40N2O3/c1-17(2)30(18(3)4)27(32)21-13-11-15-23-25(21)34-26-22(14-12-16-24(26)29(23,9)10)28(33)31(19(5)6)20(7)8/h11-20H,1-10H3. The molecule has 0 saturated carbocycles. The first-order chi connectivity index (χ1) is 15.8. The van der Waals surface area contributed by atoms with Crippen LogP contribution in [-0.4, -0.2) is 45.8 Å². The average Bonchev–Trinajstić information content (AvgIpc) is 2.72. The topological polar surface area (TPSA) is 49.9 Å². The van der Waals surface area contributed by atoms with Crippen molar-refractivity contribution in [3.63, 3.8) is 0 Å². The highest BCUT2D eigenvalue weighted by atomic mass is 16.5. The highest BCUT2D eigenvalue weighted by Crippen LogP contribution is 2.50. The first-order valence-electron chi connectivity index (χ1n) is 12.4. The van der Waals surface area contributed by atoms with Crippen LogP contribution in [0.5, 0.6) is 11.5 Å². The highest BCUT2D eigenvalue weighted by molar-refractivity contribution is 6.00. The van der Waals surface area contributed by atoms with E-state index in [1.165, 1.54) is 0 Å². The quantitative estimate of drug-likeness (QED) is 0.482. The van der Waals surface area contributed by atoms with E-state index in [2.05, 4.69) is 13.8 Å². The molecule has 0 unspecified atom stereocenters. The number of para-hydroxylation sites is 2. The fourth-order valence-electron chi connectivity index (χ4n) is 5.27. The first kappa shape index (κ1) is 25.8. The van der Waals surface area contributed by atoms with Crippen molar-refractivity contribution in [2.24, 2.45) is 0 Å². The summed E-state index contributed by atoms with van der Waals surface area (Å²) in [6.45, 7) is 20.4. The van der Waals surface area contributed by atoms with Crippen LogP contribution >= 0.6 is 0 Å². The number of benzene rings is 2. The van der Waals surface area contributed by atoms with E-state index in [9.17, 15) is 9.59 Å². The third-order valence-electron chi connectivity index (χ3n) is 6.74. The van der Waals surface area contributed by atoms with Gasteiger partial charge in [0.05, 0.1) is 11.1 Å². The molecule has 1 heterocycles. The molecule has 2 amide bonds. The van der Waals surface area contributed by atoms with Crippen molar-refractivity contribution >= 4 is 11.8 Å². The maximum Gasteiger partial charge on any atom is 0.258 e. The lowest BCUT2D eigenvalue weighted by atomic mass is 9.74. The molecule has 0 fully saturated rings. The van der Waals surface area contributed by atoms with Gasteiger partial charge in [-0.3, -0.25) is 9.59 Å². The molecule has 3 rings (SSSR count).